The summed E-state index contributed by atoms with van der Waals surface area (Å²) in [6.45, 7) is 8.26. The van der Waals surface area contributed by atoms with Gasteiger partial charge in [-0.05, 0) is 46.0 Å². The number of carbonyl (C=O) groups excluding carboxylic acids is 1. The van der Waals surface area contributed by atoms with Crippen molar-refractivity contribution in [1.82, 2.24) is 4.90 Å². The van der Waals surface area contributed by atoms with Crippen LogP contribution in [0, 0.1) is 11.3 Å². The number of hydrogen-bond acceptors (Lipinski definition) is 3. The summed E-state index contributed by atoms with van der Waals surface area (Å²) in [5.41, 5.74) is 4.34. The molecule has 2 atom stereocenters. The molecule has 1 amide bonds. The van der Waals surface area contributed by atoms with Gasteiger partial charge in [-0.25, -0.2) is 0 Å². The Morgan fingerprint density at radius 2 is 1.95 bits per heavy atom. The fraction of sp³-hybridized carbons (Fsp3) is 0.857. The lowest BCUT2D eigenvalue weighted by atomic mass is 9.74. The summed E-state index contributed by atoms with van der Waals surface area (Å²) < 4.78 is 0. The van der Waals surface area contributed by atoms with Crippen molar-refractivity contribution in [3.63, 3.8) is 0 Å². The third-order valence-corrected chi connectivity index (χ3v) is 4.50. The van der Waals surface area contributed by atoms with Crippen molar-refractivity contribution in [3.05, 3.63) is 0 Å². The van der Waals surface area contributed by atoms with Crippen LogP contribution in [0.2, 0.25) is 0 Å². The highest BCUT2D eigenvalue weighted by molar-refractivity contribution is 5.85. The van der Waals surface area contributed by atoms with Gasteiger partial charge in [0.05, 0.1) is 11.0 Å². The molecule has 1 fully saturated rings. The Bertz CT molecular complexity index is 364. The van der Waals surface area contributed by atoms with Crippen LogP contribution in [0.25, 0.3) is 0 Å². The van der Waals surface area contributed by atoms with Gasteiger partial charge in [-0.15, -0.1) is 0 Å². The van der Waals surface area contributed by atoms with Crippen molar-refractivity contribution in [2.45, 2.75) is 52.5 Å². The van der Waals surface area contributed by atoms with E-state index < -0.39 is 16.9 Å². The number of carboxylic acid groups (broad SMARTS) is 1. The van der Waals surface area contributed by atoms with E-state index in [0.29, 0.717) is 19.5 Å². The van der Waals surface area contributed by atoms with Crippen LogP contribution >= 0.6 is 0 Å². The van der Waals surface area contributed by atoms with E-state index in [1.165, 1.54) is 0 Å². The lowest BCUT2D eigenvalue weighted by Gasteiger charge is -2.41. The molecule has 0 aliphatic carbocycles. The molecule has 5 nitrogen and oxygen atoms in total. The van der Waals surface area contributed by atoms with Crippen molar-refractivity contribution in [1.29, 1.82) is 0 Å². The van der Waals surface area contributed by atoms with Gasteiger partial charge in [0.1, 0.15) is 0 Å². The Hall–Kier alpha value is -1.10. The van der Waals surface area contributed by atoms with Crippen molar-refractivity contribution in [2.24, 2.45) is 17.1 Å². The van der Waals surface area contributed by atoms with Crippen molar-refractivity contribution >= 4 is 11.9 Å². The molecule has 0 aromatic heterocycles. The highest BCUT2D eigenvalue weighted by atomic mass is 16.4. The van der Waals surface area contributed by atoms with E-state index in [0.717, 1.165) is 12.8 Å². The first-order valence-electron chi connectivity index (χ1n) is 6.94. The molecule has 0 aromatic rings. The van der Waals surface area contributed by atoms with E-state index in [4.69, 9.17) is 5.73 Å². The summed E-state index contributed by atoms with van der Waals surface area (Å²) in [5, 5.41) is 9.30. The van der Waals surface area contributed by atoms with E-state index in [1.807, 2.05) is 6.92 Å². The molecule has 110 valence electrons. The zero-order valence-corrected chi connectivity index (χ0v) is 12.4. The third-order valence-electron chi connectivity index (χ3n) is 4.50. The number of rotatable bonds is 4. The van der Waals surface area contributed by atoms with Crippen LogP contribution in [-0.4, -0.2) is 40.5 Å². The average Bonchev–Trinajstić information content (AvgIpc) is 2.37. The van der Waals surface area contributed by atoms with Crippen LogP contribution in [0.5, 0.6) is 0 Å². The van der Waals surface area contributed by atoms with E-state index in [2.05, 4.69) is 0 Å². The second-order valence-electron chi connectivity index (χ2n) is 6.39. The number of amides is 1. The quantitative estimate of drug-likeness (QED) is 0.810. The lowest BCUT2D eigenvalue weighted by Crippen LogP contribution is -2.56. The van der Waals surface area contributed by atoms with Crippen molar-refractivity contribution in [3.8, 4) is 0 Å². The molecule has 5 heteroatoms. The van der Waals surface area contributed by atoms with E-state index in [9.17, 15) is 14.7 Å². The van der Waals surface area contributed by atoms with Gasteiger partial charge < -0.3 is 15.7 Å². The predicted octanol–water partition coefficient (Wildman–Crippen LogP) is 1.46. The maximum absolute atomic E-state index is 12.3. The van der Waals surface area contributed by atoms with Gasteiger partial charge in [-0.2, -0.15) is 0 Å². The zero-order chi connectivity index (χ0) is 14.8. The zero-order valence-electron chi connectivity index (χ0n) is 12.4. The van der Waals surface area contributed by atoms with E-state index in [1.54, 1.807) is 25.7 Å². The Morgan fingerprint density at radius 3 is 2.42 bits per heavy atom. The minimum absolute atomic E-state index is 0.0182. The molecule has 0 bridgehead atoms. The number of carboxylic acids is 1. The summed E-state index contributed by atoms with van der Waals surface area (Å²) in [4.78, 5) is 25.4. The maximum Gasteiger partial charge on any atom is 0.309 e. The second-order valence-corrected chi connectivity index (χ2v) is 6.39. The van der Waals surface area contributed by atoms with E-state index in [-0.39, 0.29) is 11.8 Å². The molecule has 19 heavy (non-hydrogen) atoms. The van der Waals surface area contributed by atoms with Gasteiger partial charge in [-0.3, -0.25) is 9.59 Å². The summed E-state index contributed by atoms with van der Waals surface area (Å²) in [6, 6.07) is 0. The lowest BCUT2D eigenvalue weighted by molar-refractivity contribution is -0.154. The number of piperidine rings is 1. The molecule has 0 spiro atoms. The fourth-order valence-electron chi connectivity index (χ4n) is 2.44. The van der Waals surface area contributed by atoms with E-state index >= 15 is 0 Å². The van der Waals surface area contributed by atoms with Crippen LogP contribution in [0.15, 0.2) is 0 Å². The maximum atomic E-state index is 12.3. The number of nitrogens with zero attached hydrogens (tertiary/aromatic N) is 1. The van der Waals surface area contributed by atoms with Gasteiger partial charge in [0.2, 0.25) is 5.91 Å². The molecule has 1 rings (SSSR count). The first-order valence-corrected chi connectivity index (χ1v) is 6.94. The molecule has 1 saturated heterocycles. The molecule has 1 aliphatic heterocycles. The third kappa shape index (κ3) is 3.26. The SMILES string of the molecule is CCC(C)(N)C(=O)N1CCCC(C(C)(C)C(=O)O)C1. The molecular weight excluding hydrogens is 244 g/mol. The Kier molecular flexibility index (Phi) is 4.61. The summed E-state index contributed by atoms with van der Waals surface area (Å²) in [6.07, 6.45) is 2.26. The van der Waals surface area contributed by atoms with Crippen LogP contribution < -0.4 is 5.73 Å². The molecule has 0 radical (unpaired) electrons. The van der Waals surface area contributed by atoms with Crippen LogP contribution in [0.4, 0.5) is 0 Å². The summed E-state index contributed by atoms with van der Waals surface area (Å²) in [7, 11) is 0. The topological polar surface area (TPSA) is 83.6 Å². The smallest absolute Gasteiger partial charge is 0.309 e. The van der Waals surface area contributed by atoms with Crippen LogP contribution in [-0.2, 0) is 9.59 Å². The van der Waals surface area contributed by atoms with Gasteiger partial charge in [0.25, 0.3) is 0 Å². The standard InChI is InChI=1S/C14H26N2O3/c1-5-14(4,15)11(17)16-8-6-7-10(9-16)13(2,3)12(18)19/h10H,5-9,15H2,1-4H3,(H,18,19). The largest absolute Gasteiger partial charge is 0.481 e. The number of hydrogen-bond donors (Lipinski definition) is 2. The predicted molar refractivity (Wildman–Crippen MR) is 73.6 cm³/mol. The highest BCUT2D eigenvalue weighted by Crippen LogP contribution is 2.34. The number of aliphatic carboxylic acids is 1. The van der Waals surface area contributed by atoms with Crippen molar-refractivity contribution in [2.75, 3.05) is 13.1 Å². The second kappa shape index (κ2) is 5.49. The number of likely N-dealkylation sites (tertiary alicyclic amines) is 1. The Labute approximate surface area is 115 Å². The first-order chi connectivity index (χ1) is 8.63. The molecule has 3 N–H and O–H groups in total. The summed E-state index contributed by atoms with van der Waals surface area (Å²) >= 11 is 0. The van der Waals surface area contributed by atoms with Crippen LogP contribution in [0.1, 0.15) is 47.0 Å². The number of carbonyl (C=O) groups is 2. The van der Waals surface area contributed by atoms with Crippen LogP contribution in [0.3, 0.4) is 0 Å². The van der Waals surface area contributed by atoms with Gasteiger partial charge in [0, 0.05) is 13.1 Å². The fourth-order valence-corrected chi connectivity index (χ4v) is 2.44. The normalized spacial score (nSPS) is 23.8. The summed E-state index contributed by atoms with van der Waals surface area (Å²) in [5.74, 6) is -0.894. The van der Waals surface area contributed by atoms with Gasteiger partial charge in [-0.1, -0.05) is 6.92 Å². The monoisotopic (exact) mass is 270 g/mol. The average molecular weight is 270 g/mol. The van der Waals surface area contributed by atoms with Gasteiger partial charge in [0.15, 0.2) is 0 Å². The number of nitrogens with two attached hydrogens (primary N) is 1. The minimum Gasteiger partial charge on any atom is -0.481 e. The first kappa shape index (κ1) is 16.0. The molecule has 1 heterocycles. The molecular formula is C14H26N2O3. The molecule has 0 aromatic carbocycles. The van der Waals surface area contributed by atoms with Crippen molar-refractivity contribution < 1.29 is 14.7 Å². The Morgan fingerprint density at radius 1 is 1.37 bits per heavy atom. The molecule has 2 unspecified atom stereocenters. The minimum atomic E-state index is -0.852. The Balaban J connectivity index is 2.81. The molecule has 1 aliphatic rings. The van der Waals surface area contributed by atoms with Gasteiger partial charge >= 0.3 is 5.97 Å². The molecule has 0 saturated carbocycles. The highest BCUT2D eigenvalue weighted by Gasteiger charge is 2.41.